The summed E-state index contributed by atoms with van der Waals surface area (Å²) in [5, 5.41) is 8.09. The molecule has 0 atom stereocenters. The van der Waals surface area contributed by atoms with E-state index in [9.17, 15) is 13.2 Å². The van der Waals surface area contributed by atoms with Gasteiger partial charge in [0.1, 0.15) is 11.6 Å². The average Bonchev–Trinajstić information content (AvgIpc) is 2.10. The summed E-state index contributed by atoms with van der Waals surface area (Å²) in [6.07, 6.45) is -3.80. The number of aromatic nitrogens is 1. The molecule has 1 rings (SSSR count). The topological polar surface area (TPSA) is 45.9 Å². The molecule has 0 N–H and O–H groups in total. The minimum atomic E-state index is -4.92. The fourth-order valence-electron chi connectivity index (χ4n) is 0.761. The highest BCUT2D eigenvalue weighted by molar-refractivity contribution is 9.10. The van der Waals surface area contributed by atoms with Crippen LogP contribution >= 0.6 is 27.5 Å². The van der Waals surface area contributed by atoms with Crippen molar-refractivity contribution in [2.75, 3.05) is 0 Å². The van der Waals surface area contributed by atoms with Crippen LogP contribution in [0.4, 0.5) is 13.2 Å². The van der Waals surface area contributed by atoms with Crippen LogP contribution < -0.4 is 4.74 Å². The second-order valence-electron chi connectivity index (χ2n) is 2.26. The van der Waals surface area contributed by atoms with Gasteiger partial charge in [0.05, 0.1) is 4.47 Å². The van der Waals surface area contributed by atoms with Crippen LogP contribution in [-0.4, -0.2) is 11.3 Å². The highest BCUT2D eigenvalue weighted by Crippen LogP contribution is 2.35. The van der Waals surface area contributed by atoms with Gasteiger partial charge in [-0.3, -0.25) is 0 Å². The minimum Gasteiger partial charge on any atom is -0.401 e. The van der Waals surface area contributed by atoms with Gasteiger partial charge in [-0.15, -0.1) is 13.2 Å². The van der Waals surface area contributed by atoms with Gasteiger partial charge in [0.15, 0.2) is 10.9 Å². The van der Waals surface area contributed by atoms with Gasteiger partial charge in [0.2, 0.25) is 0 Å². The van der Waals surface area contributed by atoms with E-state index in [2.05, 4.69) is 25.7 Å². The van der Waals surface area contributed by atoms with Crippen LogP contribution in [0, 0.1) is 11.3 Å². The first-order valence-corrected chi connectivity index (χ1v) is 4.52. The number of pyridine rings is 1. The van der Waals surface area contributed by atoms with Gasteiger partial charge < -0.3 is 4.74 Å². The van der Waals surface area contributed by atoms with E-state index in [0.29, 0.717) is 0 Å². The smallest absolute Gasteiger partial charge is 0.401 e. The van der Waals surface area contributed by atoms with Crippen molar-refractivity contribution in [3.63, 3.8) is 0 Å². The van der Waals surface area contributed by atoms with Gasteiger partial charge in [-0.1, -0.05) is 11.6 Å². The van der Waals surface area contributed by atoms with E-state index in [-0.39, 0.29) is 10.0 Å². The summed E-state index contributed by atoms with van der Waals surface area (Å²) < 4.78 is 39.5. The Balaban J connectivity index is 3.28. The molecule has 0 aliphatic rings. The Kier molecular flexibility index (Phi) is 3.42. The largest absolute Gasteiger partial charge is 0.573 e. The molecule has 0 aromatic carbocycles. The molecule has 0 saturated heterocycles. The highest BCUT2D eigenvalue weighted by atomic mass is 79.9. The second kappa shape index (κ2) is 4.24. The van der Waals surface area contributed by atoms with Crippen molar-refractivity contribution < 1.29 is 17.9 Å². The molecule has 0 spiro atoms. The maximum atomic E-state index is 11.9. The maximum Gasteiger partial charge on any atom is 0.573 e. The third-order valence-corrected chi connectivity index (χ3v) is 2.14. The maximum absolute atomic E-state index is 11.9. The summed E-state index contributed by atoms with van der Waals surface area (Å²) in [4.78, 5) is 3.41. The molecule has 1 heterocycles. The summed E-state index contributed by atoms with van der Waals surface area (Å²) in [5.74, 6) is -0.805. The van der Waals surface area contributed by atoms with Crippen molar-refractivity contribution in [3.8, 4) is 11.8 Å². The fourth-order valence-corrected chi connectivity index (χ4v) is 1.31. The molecule has 80 valence electrons. The first-order valence-electron chi connectivity index (χ1n) is 3.35. The lowest BCUT2D eigenvalue weighted by Crippen LogP contribution is -2.18. The lowest BCUT2D eigenvalue weighted by molar-refractivity contribution is -0.274. The number of alkyl halides is 3. The first kappa shape index (κ1) is 12.1. The fraction of sp³-hybridized carbons (Fsp3) is 0.143. The third kappa shape index (κ3) is 2.97. The summed E-state index contributed by atoms with van der Waals surface area (Å²) in [6, 6.07) is 1.53. The SMILES string of the molecule is N#Cc1c(Br)cnc(Cl)c1OC(F)(F)F. The number of nitriles is 1. The van der Waals surface area contributed by atoms with Gasteiger partial charge in [-0.25, -0.2) is 4.98 Å². The van der Waals surface area contributed by atoms with Crippen molar-refractivity contribution in [3.05, 3.63) is 21.4 Å². The molecule has 0 unspecified atom stereocenters. The molecule has 0 aliphatic carbocycles. The standard InChI is InChI=1S/C7HBrClF3N2O/c8-4-2-14-6(9)5(3(4)1-13)15-7(10,11)12/h2H. The number of halogens is 5. The van der Waals surface area contributed by atoms with Crippen molar-refractivity contribution in [2.24, 2.45) is 0 Å². The van der Waals surface area contributed by atoms with Crippen LogP contribution in [0.1, 0.15) is 5.56 Å². The van der Waals surface area contributed by atoms with Gasteiger partial charge in [0, 0.05) is 6.20 Å². The Bertz CT molecular complexity index is 429. The van der Waals surface area contributed by atoms with Crippen LogP contribution in [0.15, 0.2) is 10.7 Å². The van der Waals surface area contributed by atoms with Gasteiger partial charge in [0.25, 0.3) is 0 Å². The first-order chi connectivity index (χ1) is 6.85. The van der Waals surface area contributed by atoms with E-state index in [1.807, 2.05) is 0 Å². The quantitative estimate of drug-likeness (QED) is 0.748. The van der Waals surface area contributed by atoms with E-state index >= 15 is 0 Å². The van der Waals surface area contributed by atoms with Crippen LogP contribution in [0.25, 0.3) is 0 Å². The Morgan fingerprint density at radius 3 is 2.60 bits per heavy atom. The van der Waals surface area contributed by atoms with Gasteiger partial charge >= 0.3 is 6.36 Å². The highest BCUT2D eigenvalue weighted by Gasteiger charge is 2.34. The Morgan fingerprint density at radius 1 is 1.53 bits per heavy atom. The molecule has 1 aromatic rings. The average molecular weight is 301 g/mol. The number of rotatable bonds is 1. The number of hydrogen-bond donors (Lipinski definition) is 0. The summed E-state index contributed by atoms with van der Waals surface area (Å²) in [6.45, 7) is 0. The molecule has 1 aromatic heterocycles. The van der Waals surface area contributed by atoms with Crippen LogP contribution in [-0.2, 0) is 0 Å². The molecule has 0 bridgehead atoms. The van der Waals surface area contributed by atoms with Crippen molar-refractivity contribution >= 4 is 27.5 Å². The predicted molar refractivity (Wildman–Crippen MR) is 48.3 cm³/mol. The molecular formula is C7HBrClF3N2O. The lowest BCUT2D eigenvalue weighted by Gasteiger charge is -2.11. The van der Waals surface area contributed by atoms with E-state index in [0.717, 1.165) is 6.20 Å². The molecule has 8 heteroatoms. The molecule has 15 heavy (non-hydrogen) atoms. The van der Waals surface area contributed by atoms with Crippen molar-refractivity contribution in [1.82, 2.24) is 4.98 Å². The van der Waals surface area contributed by atoms with Crippen LogP contribution in [0.3, 0.4) is 0 Å². The molecule has 0 aliphatic heterocycles. The van der Waals surface area contributed by atoms with Crippen LogP contribution in [0.5, 0.6) is 5.75 Å². The Labute approximate surface area is 95.6 Å². The molecule has 0 amide bonds. The summed E-state index contributed by atoms with van der Waals surface area (Å²) in [5.41, 5.74) is -0.354. The normalized spacial score (nSPS) is 10.9. The summed E-state index contributed by atoms with van der Waals surface area (Å²) in [7, 11) is 0. The van der Waals surface area contributed by atoms with Crippen molar-refractivity contribution in [1.29, 1.82) is 5.26 Å². The molecular weight excluding hydrogens is 300 g/mol. The van der Waals surface area contributed by atoms with Gasteiger partial charge in [-0.05, 0) is 15.9 Å². The zero-order valence-electron chi connectivity index (χ0n) is 6.77. The number of ether oxygens (including phenoxy) is 1. The Hall–Kier alpha value is -1.00. The lowest BCUT2D eigenvalue weighted by atomic mass is 10.3. The zero-order valence-corrected chi connectivity index (χ0v) is 9.11. The second-order valence-corrected chi connectivity index (χ2v) is 3.47. The van der Waals surface area contributed by atoms with Gasteiger partial charge in [-0.2, -0.15) is 5.26 Å². The van der Waals surface area contributed by atoms with E-state index < -0.39 is 17.3 Å². The number of nitrogens with zero attached hydrogens (tertiary/aromatic N) is 2. The van der Waals surface area contributed by atoms with E-state index in [1.54, 1.807) is 0 Å². The number of hydrogen-bond acceptors (Lipinski definition) is 3. The monoisotopic (exact) mass is 300 g/mol. The van der Waals surface area contributed by atoms with E-state index in [4.69, 9.17) is 16.9 Å². The molecule has 0 fully saturated rings. The van der Waals surface area contributed by atoms with Crippen LogP contribution in [0.2, 0.25) is 5.15 Å². The van der Waals surface area contributed by atoms with Crippen molar-refractivity contribution in [2.45, 2.75) is 6.36 Å². The minimum absolute atomic E-state index is 0.0775. The molecule has 3 nitrogen and oxygen atoms in total. The van der Waals surface area contributed by atoms with E-state index in [1.165, 1.54) is 6.07 Å². The molecule has 0 saturated carbocycles. The Morgan fingerprint density at radius 2 is 2.13 bits per heavy atom. The third-order valence-electron chi connectivity index (χ3n) is 1.27. The zero-order chi connectivity index (χ0) is 11.6. The summed E-state index contributed by atoms with van der Waals surface area (Å²) >= 11 is 8.24. The predicted octanol–water partition coefficient (Wildman–Crippen LogP) is 3.27. The molecule has 0 radical (unpaired) electrons.